The summed E-state index contributed by atoms with van der Waals surface area (Å²) in [5, 5.41) is 15.5. The summed E-state index contributed by atoms with van der Waals surface area (Å²) in [7, 11) is 0. The molecule has 0 saturated carbocycles. The van der Waals surface area contributed by atoms with Gasteiger partial charge >= 0.3 is 0 Å². The normalized spacial score (nSPS) is 12.2. The fourth-order valence-electron chi connectivity index (χ4n) is 9.20. The van der Waals surface area contributed by atoms with E-state index in [2.05, 4.69) is 191 Å². The molecule has 0 aliphatic carbocycles. The SMILES string of the molecule is c1ccc(-n2c3ccccc3c3cc4ccc5cccc6c5c4c(c32)n6-c2ccc(-c3ccc4c5ccccc5c5ccccc5c4c3)cc2)cc1. The second-order valence-corrected chi connectivity index (χ2v) is 14.1. The summed E-state index contributed by atoms with van der Waals surface area (Å²) >= 11 is 0. The zero-order chi connectivity index (χ0) is 33.9. The van der Waals surface area contributed by atoms with Crippen molar-refractivity contribution in [1.82, 2.24) is 9.13 Å². The number of fused-ring (bicyclic) bond motifs is 10. The van der Waals surface area contributed by atoms with E-state index in [9.17, 15) is 0 Å². The van der Waals surface area contributed by atoms with Crippen LogP contribution in [0, 0.1) is 0 Å². The predicted molar refractivity (Wildman–Crippen MR) is 222 cm³/mol. The molecule has 0 amide bonds. The highest BCUT2D eigenvalue weighted by molar-refractivity contribution is 6.32. The van der Waals surface area contributed by atoms with Crippen molar-refractivity contribution in [2.75, 3.05) is 0 Å². The van der Waals surface area contributed by atoms with Gasteiger partial charge < -0.3 is 9.13 Å². The molecule has 0 bridgehead atoms. The molecule has 12 aromatic rings. The van der Waals surface area contributed by atoms with Crippen LogP contribution in [-0.2, 0) is 0 Å². The molecule has 0 saturated heterocycles. The van der Waals surface area contributed by atoms with Crippen LogP contribution >= 0.6 is 0 Å². The van der Waals surface area contributed by atoms with Crippen molar-refractivity contribution in [3.8, 4) is 22.5 Å². The molecule has 2 nitrogen and oxygen atoms in total. The number of para-hydroxylation sites is 2. The van der Waals surface area contributed by atoms with E-state index in [0.717, 1.165) is 5.69 Å². The fraction of sp³-hybridized carbons (Fsp3) is 0. The Kier molecular flexibility index (Phi) is 5.53. The fourth-order valence-corrected chi connectivity index (χ4v) is 9.20. The van der Waals surface area contributed by atoms with Gasteiger partial charge in [0.15, 0.2) is 0 Å². The van der Waals surface area contributed by atoms with Crippen LogP contribution in [0.2, 0.25) is 0 Å². The van der Waals surface area contributed by atoms with E-state index < -0.39 is 0 Å². The summed E-state index contributed by atoms with van der Waals surface area (Å²) < 4.78 is 4.98. The second kappa shape index (κ2) is 10.3. The van der Waals surface area contributed by atoms with Crippen LogP contribution < -0.4 is 0 Å². The highest BCUT2D eigenvalue weighted by Gasteiger charge is 2.24. The predicted octanol–water partition coefficient (Wildman–Crippen LogP) is 13.6. The lowest BCUT2D eigenvalue weighted by molar-refractivity contribution is 1.15. The van der Waals surface area contributed by atoms with Gasteiger partial charge in [0, 0.05) is 32.9 Å². The highest BCUT2D eigenvalue weighted by Crippen LogP contribution is 2.46. The third-order valence-corrected chi connectivity index (χ3v) is 11.4. The first-order valence-corrected chi connectivity index (χ1v) is 18.0. The molecular weight excluding hydrogens is 629 g/mol. The van der Waals surface area contributed by atoms with E-state index in [0.29, 0.717) is 0 Å². The molecule has 0 aliphatic heterocycles. The minimum Gasteiger partial charge on any atom is -0.307 e. The van der Waals surface area contributed by atoms with E-state index in [1.54, 1.807) is 0 Å². The molecular formula is C50H30N2. The minimum atomic E-state index is 1.16. The molecule has 0 radical (unpaired) electrons. The van der Waals surface area contributed by atoms with E-state index >= 15 is 0 Å². The van der Waals surface area contributed by atoms with Gasteiger partial charge in [-0.3, -0.25) is 0 Å². The monoisotopic (exact) mass is 658 g/mol. The van der Waals surface area contributed by atoms with Crippen LogP contribution in [0.25, 0.3) is 109 Å². The molecule has 2 heterocycles. The quantitative estimate of drug-likeness (QED) is 0.167. The average Bonchev–Trinajstić information content (AvgIpc) is 3.74. The molecule has 0 unspecified atom stereocenters. The summed E-state index contributed by atoms with van der Waals surface area (Å²) in [6.07, 6.45) is 0. The van der Waals surface area contributed by atoms with Gasteiger partial charge in [-0.05, 0) is 103 Å². The lowest BCUT2D eigenvalue weighted by Gasteiger charge is -2.14. The maximum Gasteiger partial charge on any atom is 0.0795 e. The zero-order valence-electron chi connectivity index (χ0n) is 28.2. The number of aromatic nitrogens is 2. The summed E-state index contributed by atoms with van der Waals surface area (Å²) in [4.78, 5) is 0. The van der Waals surface area contributed by atoms with Crippen LogP contribution in [0.1, 0.15) is 0 Å². The first-order chi connectivity index (χ1) is 25.8. The lowest BCUT2D eigenvalue weighted by Crippen LogP contribution is -1.98. The molecule has 240 valence electrons. The van der Waals surface area contributed by atoms with Crippen LogP contribution in [0.15, 0.2) is 182 Å². The Morgan fingerprint density at radius 1 is 0.269 bits per heavy atom. The van der Waals surface area contributed by atoms with Crippen molar-refractivity contribution in [3.63, 3.8) is 0 Å². The van der Waals surface area contributed by atoms with Crippen LogP contribution in [0.4, 0.5) is 0 Å². The lowest BCUT2D eigenvalue weighted by atomic mass is 9.92. The Morgan fingerprint density at radius 3 is 1.58 bits per heavy atom. The van der Waals surface area contributed by atoms with Gasteiger partial charge in [-0.25, -0.2) is 0 Å². The third-order valence-electron chi connectivity index (χ3n) is 11.4. The molecule has 0 aliphatic rings. The number of hydrogen-bond acceptors (Lipinski definition) is 0. The second-order valence-electron chi connectivity index (χ2n) is 14.1. The van der Waals surface area contributed by atoms with Gasteiger partial charge in [-0.15, -0.1) is 0 Å². The van der Waals surface area contributed by atoms with Crippen molar-refractivity contribution in [3.05, 3.63) is 182 Å². The van der Waals surface area contributed by atoms with E-state index in [1.165, 1.54) is 104 Å². The van der Waals surface area contributed by atoms with E-state index in [4.69, 9.17) is 0 Å². The molecule has 0 atom stereocenters. The van der Waals surface area contributed by atoms with Crippen molar-refractivity contribution >= 4 is 86.7 Å². The smallest absolute Gasteiger partial charge is 0.0795 e. The largest absolute Gasteiger partial charge is 0.307 e. The summed E-state index contributed by atoms with van der Waals surface area (Å²) in [6.45, 7) is 0. The van der Waals surface area contributed by atoms with Crippen LogP contribution in [-0.4, -0.2) is 9.13 Å². The van der Waals surface area contributed by atoms with Crippen molar-refractivity contribution < 1.29 is 0 Å². The van der Waals surface area contributed by atoms with Crippen LogP contribution in [0.3, 0.4) is 0 Å². The van der Waals surface area contributed by atoms with Gasteiger partial charge in [-0.1, -0.05) is 133 Å². The molecule has 52 heavy (non-hydrogen) atoms. The number of nitrogens with zero attached hydrogens (tertiary/aromatic N) is 2. The Morgan fingerprint density at radius 2 is 0.827 bits per heavy atom. The van der Waals surface area contributed by atoms with Gasteiger partial charge in [0.1, 0.15) is 0 Å². The van der Waals surface area contributed by atoms with Crippen molar-refractivity contribution in [2.24, 2.45) is 0 Å². The van der Waals surface area contributed by atoms with Crippen molar-refractivity contribution in [2.45, 2.75) is 0 Å². The number of rotatable bonds is 3. The average molecular weight is 659 g/mol. The van der Waals surface area contributed by atoms with E-state index in [1.807, 2.05) is 0 Å². The van der Waals surface area contributed by atoms with Crippen molar-refractivity contribution in [1.29, 1.82) is 0 Å². The Labute approximate surface area is 299 Å². The first kappa shape index (κ1) is 27.9. The number of hydrogen-bond donors (Lipinski definition) is 0. The number of benzene rings is 10. The highest BCUT2D eigenvalue weighted by atomic mass is 15.0. The maximum atomic E-state index is 2.51. The van der Waals surface area contributed by atoms with Gasteiger partial charge in [-0.2, -0.15) is 0 Å². The molecule has 0 fully saturated rings. The van der Waals surface area contributed by atoms with Crippen LogP contribution in [0.5, 0.6) is 0 Å². The Balaban J connectivity index is 1.13. The summed E-state index contributed by atoms with van der Waals surface area (Å²) in [6, 6.07) is 67.2. The molecule has 10 aromatic carbocycles. The van der Waals surface area contributed by atoms with Gasteiger partial charge in [0.2, 0.25) is 0 Å². The zero-order valence-corrected chi connectivity index (χ0v) is 28.2. The Hall–Kier alpha value is -6.90. The molecule has 12 rings (SSSR count). The maximum absolute atomic E-state index is 2.51. The summed E-state index contributed by atoms with van der Waals surface area (Å²) in [5.41, 5.74) is 9.68. The third kappa shape index (κ3) is 3.68. The molecule has 2 aromatic heterocycles. The molecule has 0 N–H and O–H groups in total. The van der Waals surface area contributed by atoms with Gasteiger partial charge in [0.25, 0.3) is 0 Å². The van der Waals surface area contributed by atoms with E-state index in [-0.39, 0.29) is 0 Å². The van der Waals surface area contributed by atoms with Gasteiger partial charge in [0.05, 0.1) is 22.1 Å². The summed E-state index contributed by atoms with van der Waals surface area (Å²) in [5.74, 6) is 0. The standard InChI is InChI=1S/C50H30N2/c1-2-12-35(13-3-1)51-45-19-9-8-18-42(45)44-30-34-22-21-32-11-10-20-46-47(32)48(34)50(49(44)51)52(46)36-26-23-31(24-27-36)33-25-28-41-39-16-5-4-14-37(39)38-15-6-7-17-40(38)43(41)29-33/h1-30H. The first-order valence-electron chi connectivity index (χ1n) is 18.0. The minimum absolute atomic E-state index is 1.16. The molecule has 2 heteroatoms. The topological polar surface area (TPSA) is 9.86 Å². The Bertz CT molecular complexity index is 3350. The molecule has 0 spiro atoms.